The summed E-state index contributed by atoms with van der Waals surface area (Å²) in [5.74, 6) is 0.682. The maximum absolute atomic E-state index is 6.24. The molecule has 0 spiro atoms. The molecule has 114 valence electrons. The molecule has 0 saturated carbocycles. The highest BCUT2D eigenvalue weighted by atomic mass is 35.5. The molecule has 0 aliphatic rings. The first-order valence-corrected chi connectivity index (χ1v) is 8.11. The van der Waals surface area contributed by atoms with Gasteiger partial charge in [-0.15, -0.1) is 11.3 Å². The van der Waals surface area contributed by atoms with Gasteiger partial charge in [-0.3, -0.25) is 0 Å². The van der Waals surface area contributed by atoms with E-state index in [0.29, 0.717) is 24.0 Å². The van der Waals surface area contributed by atoms with Crippen LogP contribution in [0.1, 0.15) is 10.4 Å². The fraction of sp³-hybridized carbons (Fsp3) is 0.333. The minimum absolute atomic E-state index is 0.475. The summed E-state index contributed by atoms with van der Waals surface area (Å²) >= 11 is 13.6. The highest BCUT2D eigenvalue weighted by Crippen LogP contribution is 2.28. The second-order valence-electron chi connectivity index (χ2n) is 4.43. The van der Waals surface area contributed by atoms with Crippen molar-refractivity contribution < 1.29 is 9.47 Å². The van der Waals surface area contributed by atoms with Crippen LogP contribution in [-0.4, -0.2) is 20.3 Å². The lowest BCUT2D eigenvalue weighted by molar-refractivity contribution is 0.199. The van der Waals surface area contributed by atoms with Gasteiger partial charge in [0.15, 0.2) is 0 Å². The van der Waals surface area contributed by atoms with E-state index in [4.69, 9.17) is 32.7 Å². The average molecular weight is 346 g/mol. The van der Waals surface area contributed by atoms with Gasteiger partial charge in [0.25, 0.3) is 0 Å². The molecular weight excluding hydrogens is 329 g/mol. The van der Waals surface area contributed by atoms with Gasteiger partial charge >= 0.3 is 0 Å². The molecule has 0 bridgehead atoms. The molecule has 0 atom stereocenters. The Morgan fingerprint density at radius 1 is 1.19 bits per heavy atom. The summed E-state index contributed by atoms with van der Waals surface area (Å²) in [5.41, 5.74) is 1.11. The molecule has 0 aliphatic carbocycles. The van der Waals surface area contributed by atoms with E-state index in [1.807, 2.05) is 30.3 Å². The normalized spacial score (nSPS) is 10.8. The zero-order valence-corrected chi connectivity index (χ0v) is 14.0. The van der Waals surface area contributed by atoms with Crippen molar-refractivity contribution in [1.29, 1.82) is 0 Å². The first kappa shape index (κ1) is 16.6. The molecule has 2 rings (SSSR count). The van der Waals surface area contributed by atoms with Gasteiger partial charge in [-0.25, -0.2) is 0 Å². The lowest BCUT2D eigenvalue weighted by Crippen LogP contribution is -2.18. The Labute approximate surface area is 138 Å². The molecule has 2 aromatic rings. The molecule has 1 aromatic heterocycles. The second kappa shape index (κ2) is 8.61. The number of hydrogen-bond donors (Lipinski definition) is 1. The standard InChI is InChI=1S/C15H17Cl2NO2S/c1-19-7-6-18-9-11-2-4-14(13(16)8-11)20-10-12-3-5-15(17)21-12/h2-5,8,18H,6-7,9-10H2,1H3. The molecule has 0 saturated heterocycles. The van der Waals surface area contributed by atoms with Crippen LogP contribution in [0.25, 0.3) is 0 Å². The maximum Gasteiger partial charge on any atom is 0.138 e. The third-order valence-electron chi connectivity index (χ3n) is 2.81. The SMILES string of the molecule is COCCNCc1ccc(OCc2ccc(Cl)s2)c(Cl)c1. The Morgan fingerprint density at radius 2 is 2.05 bits per heavy atom. The Morgan fingerprint density at radius 3 is 2.71 bits per heavy atom. The van der Waals surface area contributed by atoms with Gasteiger partial charge < -0.3 is 14.8 Å². The number of benzene rings is 1. The molecule has 0 fully saturated rings. The number of hydrogen-bond acceptors (Lipinski definition) is 4. The van der Waals surface area contributed by atoms with Crippen LogP contribution in [0.2, 0.25) is 9.36 Å². The number of nitrogens with one attached hydrogen (secondary N) is 1. The lowest BCUT2D eigenvalue weighted by atomic mass is 10.2. The fourth-order valence-electron chi connectivity index (χ4n) is 1.76. The first-order valence-electron chi connectivity index (χ1n) is 6.54. The summed E-state index contributed by atoms with van der Waals surface area (Å²) in [6, 6.07) is 9.63. The van der Waals surface area contributed by atoms with Crippen LogP contribution in [0.5, 0.6) is 5.75 Å². The van der Waals surface area contributed by atoms with Crippen molar-refractivity contribution in [2.75, 3.05) is 20.3 Å². The Bertz CT molecular complexity index is 575. The molecule has 3 nitrogen and oxygen atoms in total. The molecule has 0 radical (unpaired) electrons. The van der Waals surface area contributed by atoms with Crippen molar-refractivity contribution >= 4 is 34.5 Å². The van der Waals surface area contributed by atoms with Crippen molar-refractivity contribution in [3.05, 3.63) is 50.1 Å². The van der Waals surface area contributed by atoms with E-state index in [-0.39, 0.29) is 0 Å². The van der Waals surface area contributed by atoms with E-state index < -0.39 is 0 Å². The van der Waals surface area contributed by atoms with Crippen molar-refractivity contribution in [1.82, 2.24) is 5.32 Å². The van der Waals surface area contributed by atoms with Gasteiger partial charge in [0.05, 0.1) is 16.0 Å². The zero-order chi connectivity index (χ0) is 15.1. The largest absolute Gasteiger partial charge is 0.487 e. The first-order chi connectivity index (χ1) is 10.2. The molecule has 1 heterocycles. The number of halogens is 2. The van der Waals surface area contributed by atoms with Crippen LogP contribution in [0.4, 0.5) is 0 Å². The number of ether oxygens (including phenoxy) is 2. The van der Waals surface area contributed by atoms with Gasteiger partial charge in [0.2, 0.25) is 0 Å². The van der Waals surface area contributed by atoms with Gasteiger partial charge in [0, 0.05) is 25.1 Å². The van der Waals surface area contributed by atoms with Gasteiger partial charge in [-0.1, -0.05) is 29.3 Å². The van der Waals surface area contributed by atoms with Crippen LogP contribution >= 0.6 is 34.5 Å². The van der Waals surface area contributed by atoms with Crippen LogP contribution in [0, 0.1) is 0 Å². The highest BCUT2D eigenvalue weighted by molar-refractivity contribution is 7.16. The number of methoxy groups -OCH3 is 1. The van der Waals surface area contributed by atoms with Crippen LogP contribution in [0.15, 0.2) is 30.3 Å². The summed E-state index contributed by atoms with van der Waals surface area (Å²) < 4.78 is 11.5. The molecule has 0 amide bonds. The second-order valence-corrected chi connectivity index (χ2v) is 6.64. The summed E-state index contributed by atoms with van der Waals surface area (Å²) in [7, 11) is 1.69. The van der Waals surface area contributed by atoms with Crippen LogP contribution in [0.3, 0.4) is 0 Å². The number of rotatable bonds is 8. The quantitative estimate of drug-likeness (QED) is 0.720. The smallest absolute Gasteiger partial charge is 0.138 e. The van der Waals surface area contributed by atoms with E-state index >= 15 is 0 Å². The van der Waals surface area contributed by atoms with Gasteiger partial charge in [0.1, 0.15) is 12.4 Å². The molecule has 6 heteroatoms. The Balaban J connectivity index is 1.86. The average Bonchev–Trinajstić information content (AvgIpc) is 2.88. The molecule has 0 aliphatic heterocycles. The summed E-state index contributed by atoms with van der Waals surface area (Å²) in [6.07, 6.45) is 0. The summed E-state index contributed by atoms with van der Waals surface area (Å²) in [4.78, 5) is 1.07. The predicted octanol–water partition coefficient (Wildman–Crippen LogP) is 4.37. The van der Waals surface area contributed by atoms with E-state index in [1.165, 1.54) is 11.3 Å². The van der Waals surface area contributed by atoms with Crippen molar-refractivity contribution in [2.24, 2.45) is 0 Å². The van der Waals surface area contributed by atoms with Crippen molar-refractivity contribution in [3.8, 4) is 5.75 Å². The Kier molecular flexibility index (Phi) is 6.80. The van der Waals surface area contributed by atoms with Crippen molar-refractivity contribution in [2.45, 2.75) is 13.2 Å². The fourth-order valence-corrected chi connectivity index (χ4v) is 3.01. The van der Waals surface area contributed by atoms with E-state index in [9.17, 15) is 0 Å². The monoisotopic (exact) mass is 345 g/mol. The van der Waals surface area contributed by atoms with E-state index in [0.717, 1.165) is 27.9 Å². The molecule has 1 N–H and O–H groups in total. The van der Waals surface area contributed by atoms with Crippen LogP contribution in [-0.2, 0) is 17.9 Å². The molecule has 21 heavy (non-hydrogen) atoms. The maximum atomic E-state index is 6.24. The minimum Gasteiger partial charge on any atom is -0.487 e. The van der Waals surface area contributed by atoms with Gasteiger partial charge in [-0.2, -0.15) is 0 Å². The lowest BCUT2D eigenvalue weighted by Gasteiger charge is -2.09. The molecule has 1 aromatic carbocycles. The Hall–Kier alpha value is -0.780. The summed E-state index contributed by atoms with van der Waals surface area (Å²) in [6.45, 7) is 2.73. The number of thiophene rings is 1. The van der Waals surface area contributed by atoms with Crippen LogP contribution < -0.4 is 10.1 Å². The molecular formula is C15H17Cl2NO2S. The van der Waals surface area contributed by atoms with Gasteiger partial charge in [-0.05, 0) is 29.8 Å². The van der Waals surface area contributed by atoms with E-state index in [1.54, 1.807) is 7.11 Å². The zero-order valence-electron chi connectivity index (χ0n) is 11.7. The highest BCUT2D eigenvalue weighted by Gasteiger charge is 2.05. The molecule has 0 unspecified atom stereocenters. The topological polar surface area (TPSA) is 30.5 Å². The summed E-state index contributed by atoms with van der Waals surface area (Å²) in [5, 5.41) is 3.89. The predicted molar refractivity (Wildman–Crippen MR) is 88.7 cm³/mol. The van der Waals surface area contributed by atoms with E-state index in [2.05, 4.69) is 5.32 Å². The third-order valence-corrected chi connectivity index (χ3v) is 4.31. The van der Waals surface area contributed by atoms with Crippen molar-refractivity contribution in [3.63, 3.8) is 0 Å². The third kappa shape index (κ3) is 5.49. The minimum atomic E-state index is 0.475.